The van der Waals surface area contributed by atoms with Gasteiger partial charge in [-0.05, 0) is 11.6 Å². The smallest absolute Gasteiger partial charge is 0.331 e. The second-order valence-electron chi connectivity index (χ2n) is 5.18. The summed E-state index contributed by atoms with van der Waals surface area (Å²) in [5, 5.41) is 34.0. The minimum absolute atomic E-state index is 0.253. The van der Waals surface area contributed by atoms with Crippen LogP contribution in [-0.2, 0) is 9.53 Å². The molecule has 4 N–H and O–H groups in total. The molecule has 23 heavy (non-hydrogen) atoms. The van der Waals surface area contributed by atoms with Gasteiger partial charge in [0, 0.05) is 11.6 Å². The summed E-state index contributed by atoms with van der Waals surface area (Å²) in [6, 6.07) is 7.84. The highest BCUT2D eigenvalue weighted by Gasteiger charge is 2.26. The van der Waals surface area contributed by atoms with Crippen LogP contribution in [0.1, 0.15) is 17.2 Å². The van der Waals surface area contributed by atoms with Crippen molar-refractivity contribution in [1.82, 2.24) is 0 Å². The fourth-order valence-electron chi connectivity index (χ4n) is 1.79. The highest BCUT2D eigenvalue weighted by molar-refractivity contribution is 5.82. The van der Waals surface area contributed by atoms with Crippen molar-refractivity contribution in [2.24, 2.45) is 5.41 Å². The van der Waals surface area contributed by atoms with Gasteiger partial charge in [0.1, 0.15) is 6.10 Å². The Bertz CT molecular complexity index is 530. The molecule has 0 bridgehead atoms. The summed E-state index contributed by atoms with van der Waals surface area (Å²) < 4.78 is 5.14. The Balaban J connectivity index is 0.000000257. The molecular weight excluding hydrogens is 300 g/mol. The van der Waals surface area contributed by atoms with E-state index in [0.29, 0.717) is 0 Å². The predicted molar refractivity (Wildman–Crippen MR) is 85.3 cm³/mol. The van der Waals surface area contributed by atoms with Crippen LogP contribution >= 0.6 is 0 Å². The summed E-state index contributed by atoms with van der Waals surface area (Å²) in [4.78, 5) is 11.0. The van der Waals surface area contributed by atoms with Gasteiger partial charge >= 0.3 is 5.97 Å². The molecule has 0 spiro atoms. The normalized spacial score (nSPS) is 15.4. The van der Waals surface area contributed by atoms with E-state index in [2.05, 4.69) is 6.58 Å². The van der Waals surface area contributed by atoms with Crippen LogP contribution in [-0.4, -0.2) is 52.8 Å². The molecule has 0 radical (unpaired) electrons. The van der Waals surface area contributed by atoms with Gasteiger partial charge in [0.05, 0.1) is 31.8 Å². The Morgan fingerprint density at radius 2 is 1.70 bits per heavy atom. The van der Waals surface area contributed by atoms with Crippen LogP contribution in [0.3, 0.4) is 0 Å². The Morgan fingerprint density at radius 3 is 2.17 bits per heavy atom. The largest absolute Gasteiger partial charge is 0.450 e. The van der Waals surface area contributed by atoms with E-state index in [0.717, 1.165) is 11.1 Å². The van der Waals surface area contributed by atoms with Crippen LogP contribution in [0.25, 0.3) is 6.08 Å². The molecule has 126 valence electrons. The van der Waals surface area contributed by atoms with Crippen LogP contribution < -0.4 is 0 Å². The van der Waals surface area contributed by atoms with Crippen molar-refractivity contribution in [2.75, 3.05) is 26.4 Å². The molecule has 0 aromatic heterocycles. The molecule has 2 rings (SSSR count). The average molecular weight is 322 g/mol. The number of hydrogen-bond donors (Lipinski definition) is 4. The van der Waals surface area contributed by atoms with Crippen molar-refractivity contribution >= 4 is 12.0 Å². The molecular formula is C17H22O6. The first kappa shape index (κ1) is 19.1. The van der Waals surface area contributed by atoms with Gasteiger partial charge < -0.3 is 25.2 Å². The molecule has 6 nitrogen and oxygen atoms in total. The minimum atomic E-state index is -1.11. The standard InChI is InChI=1S/C12H10O2.C5H12O4/c1-2-12(13)14-11-8-7-9-5-3-4-6-10(9)11;6-1-5(2-7,3-8)4-9/h2-8,11H,1H2;6-9H,1-4H2. The fraction of sp³-hybridized carbons (Fsp3) is 0.353. The van der Waals surface area contributed by atoms with Crippen LogP contribution in [0.5, 0.6) is 0 Å². The lowest BCUT2D eigenvalue weighted by Gasteiger charge is -2.23. The van der Waals surface area contributed by atoms with E-state index in [1.54, 1.807) is 0 Å². The number of aliphatic hydroxyl groups excluding tert-OH is 4. The Kier molecular flexibility index (Phi) is 7.64. The van der Waals surface area contributed by atoms with Crippen LogP contribution in [0.2, 0.25) is 0 Å². The van der Waals surface area contributed by atoms with Gasteiger partial charge in [0.15, 0.2) is 0 Å². The van der Waals surface area contributed by atoms with Gasteiger partial charge in [-0.1, -0.05) is 36.9 Å². The van der Waals surface area contributed by atoms with Gasteiger partial charge in [-0.3, -0.25) is 0 Å². The van der Waals surface area contributed by atoms with Crippen molar-refractivity contribution in [1.29, 1.82) is 0 Å². The predicted octanol–water partition coefficient (Wildman–Crippen LogP) is 0.426. The summed E-state index contributed by atoms with van der Waals surface area (Å²) in [7, 11) is 0. The molecule has 0 aliphatic heterocycles. The summed E-state index contributed by atoms with van der Waals surface area (Å²) >= 11 is 0. The van der Waals surface area contributed by atoms with Gasteiger partial charge in [-0.15, -0.1) is 0 Å². The maximum absolute atomic E-state index is 11.0. The number of benzene rings is 1. The number of aliphatic hydroxyl groups is 4. The molecule has 1 aromatic rings. The lowest BCUT2D eigenvalue weighted by atomic mass is 9.93. The second-order valence-corrected chi connectivity index (χ2v) is 5.18. The van der Waals surface area contributed by atoms with Crippen LogP contribution in [0.15, 0.2) is 43.0 Å². The van der Waals surface area contributed by atoms with Crippen molar-refractivity contribution in [3.63, 3.8) is 0 Å². The Morgan fingerprint density at radius 1 is 1.13 bits per heavy atom. The number of esters is 1. The first-order valence-electron chi connectivity index (χ1n) is 7.09. The highest BCUT2D eigenvalue weighted by Crippen LogP contribution is 2.30. The van der Waals surface area contributed by atoms with Crippen molar-refractivity contribution in [2.45, 2.75) is 6.10 Å². The molecule has 0 amide bonds. The number of rotatable bonds is 6. The molecule has 0 saturated carbocycles. The topological polar surface area (TPSA) is 107 Å². The van der Waals surface area contributed by atoms with Crippen molar-refractivity contribution in [3.8, 4) is 0 Å². The molecule has 1 aromatic carbocycles. The maximum Gasteiger partial charge on any atom is 0.331 e. The molecule has 1 unspecified atom stereocenters. The first-order valence-corrected chi connectivity index (χ1v) is 7.09. The molecule has 6 heteroatoms. The third-order valence-corrected chi connectivity index (χ3v) is 3.50. The zero-order valence-electron chi connectivity index (χ0n) is 12.8. The molecule has 1 aliphatic rings. The molecule has 0 heterocycles. The monoisotopic (exact) mass is 322 g/mol. The quantitative estimate of drug-likeness (QED) is 0.447. The van der Waals surface area contributed by atoms with Gasteiger partial charge in [0.25, 0.3) is 0 Å². The SMILES string of the molecule is C=CC(=O)OC1C=Cc2ccccc21.OCC(CO)(CO)CO. The third-order valence-electron chi connectivity index (χ3n) is 3.50. The molecule has 1 atom stereocenters. The summed E-state index contributed by atoms with van der Waals surface area (Å²) in [5.41, 5.74) is 1.03. The zero-order chi connectivity index (χ0) is 17.3. The Hall–Kier alpha value is -1.99. The molecule has 0 saturated heterocycles. The number of hydrogen-bond acceptors (Lipinski definition) is 6. The summed E-state index contributed by atoms with van der Waals surface area (Å²) in [6.45, 7) is 1.74. The molecule has 0 fully saturated rings. The number of ether oxygens (including phenoxy) is 1. The van der Waals surface area contributed by atoms with E-state index < -0.39 is 37.8 Å². The van der Waals surface area contributed by atoms with E-state index in [9.17, 15) is 4.79 Å². The summed E-state index contributed by atoms with van der Waals surface area (Å²) in [5.74, 6) is -0.392. The summed E-state index contributed by atoms with van der Waals surface area (Å²) in [6.07, 6.45) is 4.74. The molecule has 1 aliphatic carbocycles. The van der Waals surface area contributed by atoms with E-state index in [-0.39, 0.29) is 6.10 Å². The first-order chi connectivity index (χ1) is 11.1. The van der Waals surface area contributed by atoms with Gasteiger partial charge in [-0.2, -0.15) is 0 Å². The lowest BCUT2D eigenvalue weighted by Crippen LogP contribution is -2.37. The number of carbonyl (C=O) groups is 1. The second kappa shape index (κ2) is 9.22. The van der Waals surface area contributed by atoms with E-state index in [4.69, 9.17) is 25.2 Å². The van der Waals surface area contributed by atoms with Crippen LogP contribution in [0, 0.1) is 5.41 Å². The highest BCUT2D eigenvalue weighted by atomic mass is 16.5. The van der Waals surface area contributed by atoms with Crippen molar-refractivity contribution in [3.05, 3.63) is 54.1 Å². The van der Waals surface area contributed by atoms with E-state index >= 15 is 0 Å². The Labute approximate surface area is 135 Å². The fourth-order valence-corrected chi connectivity index (χ4v) is 1.79. The zero-order valence-corrected chi connectivity index (χ0v) is 12.8. The average Bonchev–Trinajstić information content (AvgIpc) is 3.01. The van der Waals surface area contributed by atoms with Crippen LogP contribution in [0.4, 0.5) is 0 Å². The van der Waals surface area contributed by atoms with Gasteiger partial charge in [0.2, 0.25) is 0 Å². The van der Waals surface area contributed by atoms with Crippen molar-refractivity contribution < 1.29 is 30.0 Å². The third kappa shape index (κ3) is 5.01. The van der Waals surface area contributed by atoms with Gasteiger partial charge in [-0.25, -0.2) is 4.79 Å². The number of carbonyl (C=O) groups excluding carboxylic acids is 1. The minimum Gasteiger partial charge on any atom is -0.450 e. The lowest BCUT2D eigenvalue weighted by molar-refractivity contribution is -0.141. The van der Waals surface area contributed by atoms with E-state index in [1.165, 1.54) is 6.08 Å². The maximum atomic E-state index is 11.0. The van der Waals surface area contributed by atoms with E-state index in [1.807, 2.05) is 36.4 Å². The number of fused-ring (bicyclic) bond motifs is 1.